The van der Waals surface area contributed by atoms with Crippen LogP contribution in [-0.2, 0) is 13.3 Å². The summed E-state index contributed by atoms with van der Waals surface area (Å²) in [7, 11) is 0. The van der Waals surface area contributed by atoms with Crippen molar-refractivity contribution < 1.29 is 18.8 Å². The highest BCUT2D eigenvalue weighted by Gasteiger charge is 2.18. The zero-order chi connectivity index (χ0) is 25.1. The van der Waals surface area contributed by atoms with Gasteiger partial charge in [-0.3, -0.25) is 19.6 Å². The molecule has 0 aliphatic rings. The maximum absolute atomic E-state index is 13.3. The Morgan fingerprint density at radius 3 is 2.71 bits per heavy atom. The number of nitro benzene ring substituents is 1. The van der Waals surface area contributed by atoms with Gasteiger partial charge in [0.15, 0.2) is 18.2 Å². The summed E-state index contributed by atoms with van der Waals surface area (Å²) in [6.07, 6.45) is 1.53. The number of aryl methyl sites for hydroxylation is 1. The van der Waals surface area contributed by atoms with Crippen LogP contribution in [0.2, 0.25) is 5.02 Å². The minimum atomic E-state index is -0.536. The van der Waals surface area contributed by atoms with Gasteiger partial charge in [0, 0.05) is 17.3 Å². The number of hydrogen-bond donors (Lipinski definition) is 1. The Labute approximate surface area is 204 Å². The number of amides is 1. The number of anilines is 1. The summed E-state index contributed by atoms with van der Waals surface area (Å²) in [4.78, 5) is 23.4. The molecule has 0 bridgehead atoms. The van der Waals surface area contributed by atoms with Crippen LogP contribution >= 0.6 is 11.6 Å². The van der Waals surface area contributed by atoms with Gasteiger partial charge >= 0.3 is 5.69 Å². The molecule has 2 aromatic carbocycles. The van der Waals surface area contributed by atoms with Gasteiger partial charge < -0.3 is 10.1 Å². The van der Waals surface area contributed by atoms with E-state index in [1.54, 1.807) is 36.7 Å². The van der Waals surface area contributed by atoms with Crippen molar-refractivity contribution in [1.82, 2.24) is 19.6 Å². The van der Waals surface area contributed by atoms with E-state index in [1.165, 1.54) is 41.2 Å². The van der Waals surface area contributed by atoms with Crippen LogP contribution in [0.15, 0.2) is 54.7 Å². The fourth-order valence-electron chi connectivity index (χ4n) is 3.44. The van der Waals surface area contributed by atoms with Crippen LogP contribution in [0.3, 0.4) is 0 Å². The van der Waals surface area contributed by atoms with Crippen molar-refractivity contribution in [3.05, 3.63) is 98.3 Å². The van der Waals surface area contributed by atoms with Gasteiger partial charge in [0.05, 0.1) is 28.5 Å². The molecule has 2 aromatic heterocycles. The van der Waals surface area contributed by atoms with Crippen LogP contribution < -0.4 is 10.1 Å². The fourth-order valence-corrected chi connectivity index (χ4v) is 3.67. The molecule has 0 radical (unpaired) electrons. The van der Waals surface area contributed by atoms with Crippen LogP contribution in [0.25, 0.3) is 0 Å². The number of hydrogen-bond acceptors (Lipinski definition) is 6. The minimum absolute atomic E-state index is 0.0962. The number of halogens is 2. The molecule has 0 saturated carbocycles. The van der Waals surface area contributed by atoms with Crippen molar-refractivity contribution >= 4 is 28.9 Å². The second-order valence-corrected chi connectivity index (χ2v) is 8.04. The number of carbonyl (C=O) groups is 1. The van der Waals surface area contributed by atoms with Gasteiger partial charge in [0.2, 0.25) is 0 Å². The average Bonchev–Trinajstić information content (AvgIpc) is 3.40. The molecule has 0 saturated heterocycles. The second-order valence-electron chi connectivity index (χ2n) is 7.63. The summed E-state index contributed by atoms with van der Waals surface area (Å²) in [6.45, 7) is 3.74. The van der Waals surface area contributed by atoms with Gasteiger partial charge in [-0.1, -0.05) is 29.8 Å². The standard InChI is InChI=1S/C23H20ClFN6O4/c1-14-22(15(2)30(27-14)12-16-7-8-17(25)11-18(16)24)26-23(32)19-9-10-29(28-19)13-35-21-6-4-3-5-20(21)31(33)34/h3-11H,12-13H2,1-2H3,(H,26,32). The topological polar surface area (TPSA) is 117 Å². The number of ether oxygens (including phenoxy) is 1. The number of para-hydroxylation sites is 2. The number of benzene rings is 2. The van der Waals surface area contributed by atoms with Crippen molar-refractivity contribution in [3.63, 3.8) is 0 Å². The van der Waals surface area contributed by atoms with E-state index in [0.29, 0.717) is 29.2 Å². The molecule has 0 spiro atoms. The summed E-state index contributed by atoms with van der Waals surface area (Å²) in [6, 6.07) is 11.6. The molecule has 2 heterocycles. The molecule has 0 fully saturated rings. The van der Waals surface area contributed by atoms with Crippen molar-refractivity contribution in [2.24, 2.45) is 0 Å². The number of carbonyl (C=O) groups excluding carboxylic acids is 1. The van der Waals surface area contributed by atoms with Crippen LogP contribution in [0.5, 0.6) is 5.75 Å². The quantitative estimate of drug-likeness (QED) is 0.277. The van der Waals surface area contributed by atoms with Gasteiger partial charge in [0.1, 0.15) is 5.82 Å². The highest BCUT2D eigenvalue weighted by molar-refractivity contribution is 6.31. The van der Waals surface area contributed by atoms with Crippen molar-refractivity contribution in [2.45, 2.75) is 27.1 Å². The Hall–Kier alpha value is -4.25. The minimum Gasteiger partial charge on any atom is -0.464 e. The van der Waals surface area contributed by atoms with Crippen LogP contribution in [0.1, 0.15) is 27.4 Å². The molecule has 4 aromatic rings. The number of nitrogens with zero attached hydrogens (tertiary/aromatic N) is 5. The molecule has 35 heavy (non-hydrogen) atoms. The first kappa shape index (κ1) is 23.9. The number of rotatable bonds is 8. The second kappa shape index (κ2) is 9.94. The Balaban J connectivity index is 1.44. The summed E-state index contributed by atoms with van der Waals surface area (Å²) in [5.41, 5.74) is 2.46. The van der Waals surface area contributed by atoms with E-state index in [-0.39, 0.29) is 28.9 Å². The first-order valence-corrected chi connectivity index (χ1v) is 10.8. The van der Waals surface area contributed by atoms with Crippen molar-refractivity contribution in [2.75, 3.05) is 5.32 Å². The lowest BCUT2D eigenvalue weighted by molar-refractivity contribution is -0.386. The third-order valence-electron chi connectivity index (χ3n) is 5.24. The molecule has 1 amide bonds. The van der Waals surface area contributed by atoms with Crippen molar-refractivity contribution in [3.8, 4) is 5.75 Å². The summed E-state index contributed by atoms with van der Waals surface area (Å²) >= 11 is 6.13. The summed E-state index contributed by atoms with van der Waals surface area (Å²) in [5, 5.41) is 22.8. The molecule has 1 N–H and O–H groups in total. The summed E-state index contributed by atoms with van der Waals surface area (Å²) in [5.74, 6) is -0.786. The van der Waals surface area contributed by atoms with E-state index in [9.17, 15) is 19.3 Å². The smallest absolute Gasteiger partial charge is 0.311 e. The molecule has 4 rings (SSSR count). The Bertz CT molecular complexity index is 1420. The predicted octanol–water partition coefficient (Wildman–Crippen LogP) is 4.73. The third kappa shape index (κ3) is 5.30. The Morgan fingerprint density at radius 2 is 1.97 bits per heavy atom. The molecule has 0 unspecified atom stereocenters. The van der Waals surface area contributed by atoms with Gasteiger partial charge in [0.25, 0.3) is 5.91 Å². The maximum Gasteiger partial charge on any atom is 0.311 e. The van der Waals surface area contributed by atoms with Gasteiger partial charge in [-0.15, -0.1) is 0 Å². The first-order valence-electron chi connectivity index (χ1n) is 10.4. The molecule has 180 valence electrons. The molecule has 0 atom stereocenters. The van der Waals surface area contributed by atoms with E-state index >= 15 is 0 Å². The normalized spacial score (nSPS) is 10.9. The van der Waals surface area contributed by atoms with E-state index in [1.807, 2.05) is 0 Å². The number of nitrogens with one attached hydrogen (secondary N) is 1. The molecule has 12 heteroatoms. The highest BCUT2D eigenvalue weighted by atomic mass is 35.5. The molecule has 0 aliphatic heterocycles. The number of nitro groups is 1. The lowest BCUT2D eigenvalue weighted by atomic mass is 10.2. The van der Waals surface area contributed by atoms with Crippen LogP contribution in [0.4, 0.5) is 15.8 Å². The third-order valence-corrected chi connectivity index (χ3v) is 5.59. The van der Waals surface area contributed by atoms with Crippen molar-refractivity contribution in [1.29, 1.82) is 0 Å². The van der Waals surface area contributed by atoms with E-state index in [4.69, 9.17) is 16.3 Å². The SMILES string of the molecule is Cc1nn(Cc2ccc(F)cc2Cl)c(C)c1NC(=O)c1ccn(COc2ccccc2[N+](=O)[O-])n1. The monoisotopic (exact) mass is 498 g/mol. The molecular weight excluding hydrogens is 479 g/mol. The van der Waals surface area contributed by atoms with E-state index < -0.39 is 16.6 Å². The van der Waals surface area contributed by atoms with E-state index in [0.717, 1.165) is 0 Å². The van der Waals surface area contributed by atoms with Gasteiger partial charge in [-0.05, 0) is 43.7 Å². The van der Waals surface area contributed by atoms with Gasteiger partial charge in [-0.2, -0.15) is 10.2 Å². The summed E-state index contributed by atoms with van der Waals surface area (Å²) < 4.78 is 21.8. The van der Waals surface area contributed by atoms with Gasteiger partial charge in [-0.25, -0.2) is 9.07 Å². The number of aromatic nitrogens is 4. The molecule has 0 aliphatic carbocycles. The lowest BCUT2D eigenvalue weighted by Crippen LogP contribution is -2.15. The maximum atomic E-state index is 13.3. The lowest BCUT2D eigenvalue weighted by Gasteiger charge is -2.08. The van der Waals surface area contributed by atoms with E-state index in [2.05, 4.69) is 15.5 Å². The Morgan fingerprint density at radius 1 is 1.20 bits per heavy atom. The zero-order valence-corrected chi connectivity index (χ0v) is 19.5. The zero-order valence-electron chi connectivity index (χ0n) is 18.7. The largest absolute Gasteiger partial charge is 0.464 e. The predicted molar refractivity (Wildman–Crippen MR) is 126 cm³/mol. The fraction of sp³-hybridized carbons (Fsp3) is 0.174. The van der Waals surface area contributed by atoms with Crippen LogP contribution in [0, 0.1) is 29.8 Å². The molecular formula is C23H20ClFN6O4. The Kier molecular flexibility index (Phi) is 6.78. The highest BCUT2D eigenvalue weighted by Crippen LogP contribution is 2.26. The average molecular weight is 499 g/mol. The van der Waals surface area contributed by atoms with Crippen LogP contribution in [-0.4, -0.2) is 30.4 Å². The molecule has 10 nitrogen and oxygen atoms in total. The first-order chi connectivity index (χ1) is 16.7.